The van der Waals surface area contributed by atoms with Crippen LogP contribution in [-0.2, 0) is 0 Å². The molecule has 0 spiro atoms. The van der Waals surface area contributed by atoms with Crippen molar-refractivity contribution in [3.05, 3.63) is 95.9 Å². The third-order valence-electron chi connectivity index (χ3n) is 5.75. The lowest BCUT2D eigenvalue weighted by atomic mass is 10.0. The summed E-state index contributed by atoms with van der Waals surface area (Å²) in [7, 11) is 0. The van der Waals surface area contributed by atoms with Gasteiger partial charge in [0, 0.05) is 17.3 Å². The van der Waals surface area contributed by atoms with Crippen LogP contribution in [0.3, 0.4) is 0 Å². The van der Waals surface area contributed by atoms with E-state index in [4.69, 9.17) is 20.8 Å². The zero-order chi connectivity index (χ0) is 22.5. The Morgan fingerprint density at radius 1 is 1.00 bits per heavy atom. The first-order valence-corrected chi connectivity index (χ1v) is 10.6. The molecule has 0 aliphatic carbocycles. The number of aryl methyl sites for hydroxylation is 1. The van der Waals surface area contributed by atoms with Crippen LogP contribution in [-0.4, -0.2) is 25.3 Å². The molecule has 1 aliphatic heterocycles. The van der Waals surface area contributed by atoms with Crippen molar-refractivity contribution in [3.8, 4) is 16.9 Å². The standard InChI is InChI=1S/C25H20FN7/c1-15-5-4-6-16(13-15)22-19(14-32(31-22)18-11-9-17(26)10-12-18)23-29-24(27)30-25-28-20-7-2-3-8-21(20)33(23)25/h2-14,23H,1H3,(H3,27,28,29,30). The van der Waals surface area contributed by atoms with E-state index in [-0.39, 0.29) is 11.8 Å². The van der Waals surface area contributed by atoms with Gasteiger partial charge in [-0.25, -0.2) is 19.0 Å². The molecule has 162 valence electrons. The largest absolute Gasteiger partial charge is 0.370 e. The lowest BCUT2D eigenvalue weighted by Crippen LogP contribution is -2.31. The van der Waals surface area contributed by atoms with E-state index in [0.29, 0.717) is 5.95 Å². The van der Waals surface area contributed by atoms with Gasteiger partial charge in [-0.15, -0.1) is 0 Å². The molecule has 3 aromatic carbocycles. The van der Waals surface area contributed by atoms with Crippen molar-refractivity contribution >= 4 is 22.9 Å². The molecule has 6 rings (SSSR count). The molecule has 5 aromatic rings. The first-order chi connectivity index (χ1) is 16.1. The maximum Gasteiger partial charge on any atom is 0.212 e. The summed E-state index contributed by atoms with van der Waals surface area (Å²) in [5.74, 6) is 0.612. The second-order valence-corrected chi connectivity index (χ2v) is 8.03. The third-order valence-corrected chi connectivity index (χ3v) is 5.75. The summed E-state index contributed by atoms with van der Waals surface area (Å²) < 4.78 is 17.3. The number of nitrogens with zero attached hydrogens (tertiary/aromatic N) is 5. The van der Waals surface area contributed by atoms with Gasteiger partial charge in [-0.2, -0.15) is 5.10 Å². The van der Waals surface area contributed by atoms with Crippen molar-refractivity contribution in [1.29, 1.82) is 0 Å². The molecule has 1 atom stereocenters. The van der Waals surface area contributed by atoms with E-state index < -0.39 is 6.17 Å². The van der Waals surface area contributed by atoms with Crippen molar-refractivity contribution in [1.82, 2.24) is 19.3 Å². The number of nitrogens with two attached hydrogens (primary N) is 1. The quantitative estimate of drug-likeness (QED) is 0.431. The number of guanidine groups is 1. The van der Waals surface area contributed by atoms with Crippen LogP contribution in [0.5, 0.6) is 0 Å². The average molecular weight is 437 g/mol. The number of hydrogen-bond donors (Lipinski definition) is 2. The summed E-state index contributed by atoms with van der Waals surface area (Å²) in [6.45, 7) is 2.04. The molecule has 0 radical (unpaired) electrons. The second-order valence-electron chi connectivity index (χ2n) is 8.03. The molecule has 0 bridgehead atoms. The van der Waals surface area contributed by atoms with E-state index >= 15 is 0 Å². The molecule has 8 heteroatoms. The fraction of sp³-hybridized carbons (Fsp3) is 0.0800. The number of nitrogens with one attached hydrogen (secondary N) is 1. The van der Waals surface area contributed by atoms with Crippen LogP contribution < -0.4 is 11.1 Å². The number of rotatable bonds is 3. The van der Waals surface area contributed by atoms with E-state index in [2.05, 4.69) is 11.4 Å². The molecule has 0 fully saturated rings. The summed E-state index contributed by atoms with van der Waals surface area (Å²) in [5, 5.41) is 7.96. The van der Waals surface area contributed by atoms with Gasteiger partial charge in [0.15, 0.2) is 12.1 Å². The van der Waals surface area contributed by atoms with E-state index in [1.165, 1.54) is 12.1 Å². The van der Waals surface area contributed by atoms with Gasteiger partial charge in [0.1, 0.15) is 5.82 Å². The minimum atomic E-state index is -0.474. The zero-order valence-corrected chi connectivity index (χ0v) is 17.8. The minimum absolute atomic E-state index is 0.285. The Hall–Kier alpha value is -4.46. The molecule has 3 heterocycles. The molecule has 33 heavy (non-hydrogen) atoms. The van der Waals surface area contributed by atoms with Gasteiger partial charge >= 0.3 is 0 Å². The van der Waals surface area contributed by atoms with Crippen molar-refractivity contribution < 1.29 is 4.39 Å². The molecule has 0 amide bonds. The highest BCUT2D eigenvalue weighted by Gasteiger charge is 2.29. The summed E-state index contributed by atoms with van der Waals surface area (Å²) in [6.07, 6.45) is 1.45. The number of fused-ring (bicyclic) bond motifs is 3. The number of anilines is 1. The third kappa shape index (κ3) is 3.23. The average Bonchev–Trinajstić information content (AvgIpc) is 3.41. The Morgan fingerprint density at radius 2 is 1.82 bits per heavy atom. The van der Waals surface area contributed by atoms with Crippen LogP contribution in [0.2, 0.25) is 0 Å². The van der Waals surface area contributed by atoms with Gasteiger partial charge < -0.3 is 5.73 Å². The molecular formula is C25H20FN7. The Bertz CT molecular complexity index is 1530. The molecule has 1 aliphatic rings. The molecule has 1 unspecified atom stereocenters. The fourth-order valence-corrected chi connectivity index (χ4v) is 4.24. The number of hydrogen-bond acceptors (Lipinski definition) is 5. The summed E-state index contributed by atoms with van der Waals surface area (Å²) in [4.78, 5) is 9.43. The number of aromatic nitrogens is 4. The van der Waals surface area contributed by atoms with E-state index in [1.807, 2.05) is 60.2 Å². The van der Waals surface area contributed by atoms with Crippen LogP contribution >= 0.6 is 0 Å². The predicted molar refractivity (Wildman–Crippen MR) is 127 cm³/mol. The molecule has 7 nitrogen and oxygen atoms in total. The van der Waals surface area contributed by atoms with Gasteiger partial charge in [-0.3, -0.25) is 9.88 Å². The van der Waals surface area contributed by atoms with Crippen LogP contribution in [0.4, 0.5) is 10.3 Å². The topological polar surface area (TPSA) is 86.1 Å². The van der Waals surface area contributed by atoms with Crippen molar-refractivity contribution in [3.63, 3.8) is 0 Å². The van der Waals surface area contributed by atoms with Gasteiger partial charge in [0.05, 0.1) is 22.4 Å². The molecule has 3 N–H and O–H groups in total. The summed E-state index contributed by atoms with van der Waals surface area (Å²) in [5.41, 5.74) is 12.4. The number of para-hydroxylation sites is 2. The molecule has 2 aromatic heterocycles. The molecule has 0 saturated carbocycles. The number of halogens is 1. The predicted octanol–water partition coefficient (Wildman–Crippen LogP) is 4.62. The van der Waals surface area contributed by atoms with Crippen molar-refractivity contribution in [2.75, 3.05) is 5.32 Å². The van der Waals surface area contributed by atoms with Gasteiger partial charge in [0.25, 0.3) is 0 Å². The lowest BCUT2D eigenvalue weighted by molar-refractivity contribution is 0.625. The molecular weight excluding hydrogens is 417 g/mol. The van der Waals surface area contributed by atoms with E-state index in [9.17, 15) is 4.39 Å². The Kier molecular flexibility index (Phi) is 4.26. The fourth-order valence-electron chi connectivity index (χ4n) is 4.24. The Labute approximate surface area is 189 Å². The normalized spacial score (nSPS) is 15.2. The summed E-state index contributed by atoms with van der Waals surface area (Å²) in [6, 6.07) is 22.3. The van der Waals surface area contributed by atoms with Crippen molar-refractivity contribution in [2.45, 2.75) is 13.1 Å². The Morgan fingerprint density at radius 3 is 2.64 bits per heavy atom. The number of aliphatic imine (C=N–C) groups is 1. The van der Waals surface area contributed by atoms with Crippen LogP contribution in [0.1, 0.15) is 17.3 Å². The van der Waals surface area contributed by atoms with Gasteiger partial charge in [-0.05, 0) is 49.4 Å². The highest BCUT2D eigenvalue weighted by atomic mass is 19.1. The maximum atomic E-state index is 13.5. The van der Waals surface area contributed by atoms with Crippen LogP contribution in [0.25, 0.3) is 28.0 Å². The zero-order valence-electron chi connectivity index (χ0n) is 17.8. The number of benzene rings is 3. The molecule has 0 saturated heterocycles. The van der Waals surface area contributed by atoms with Gasteiger partial charge in [0.2, 0.25) is 5.95 Å². The lowest BCUT2D eigenvalue weighted by Gasteiger charge is -2.23. The highest BCUT2D eigenvalue weighted by molar-refractivity contribution is 5.95. The first-order valence-electron chi connectivity index (χ1n) is 10.6. The summed E-state index contributed by atoms with van der Waals surface area (Å²) >= 11 is 0. The first kappa shape index (κ1) is 19.2. The number of imidazole rings is 1. The smallest absolute Gasteiger partial charge is 0.212 e. The van der Waals surface area contributed by atoms with E-state index in [0.717, 1.165) is 39.1 Å². The minimum Gasteiger partial charge on any atom is -0.370 e. The highest BCUT2D eigenvalue weighted by Crippen LogP contribution is 2.37. The Balaban J connectivity index is 1.60. The SMILES string of the molecule is Cc1cccc(-c2nn(-c3ccc(F)cc3)cc2C2N=C(N)Nc3nc4ccccc4n32)c1. The van der Waals surface area contributed by atoms with Crippen LogP contribution in [0, 0.1) is 12.7 Å². The van der Waals surface area contributed by atoms with Crippen molar-refractivity contribution in [2.24, 2.45) is 10.7 Å². The van der Waals surface area contributed by atoms with Gasteiger partial charge in [-0.1, -0.05) is 35.9 Å². The maximum absolute atomic E-state index is 13.5. The monoisotopic (exact) mass is 437 g/mol. The van der Waals surface area contributed by atoms with E-state index in [1.54, 1.807) is 16.8 Å². The van der Waals surface area contributed by atoms with Crippen LogP contribution in [0.15, 0.2) is 84.0 Å². The second kappa shape index (κ2) is 7.30.